The highest BCUT2D eigenvalue weighted by Gasteiger charge is 2.30. The number of aryl methyl sites for hydroxylation is 1. The fourth-order valence-electron chi connectivity index (χ4n) is 4.83. The number of hydrogen-bond acceptors (Lipinski definition) is 6. The first kappa shape index (κ1) is 22.4. The Labute approximate surface area is 213 Å². The van der Waals surface area contributed by atoms with E-state index in [9.17, 15) is 4.79 Å². The van der Waals surface area contributed by atoms with Gasteiger partial charge in [0.05, 0.1) is 16.3 Å². The molecule has 1 saturated heterocycles. The number of carbonyl (C=O) groups is 1. The molecule has 0 spiro atoms. The first-order chi connectivity index (χ1) is 17.7. The van der Waals surface area contributed by atoms with Gasteiger partial charge in [-0.25, -0.2) is 4.98 Å². The van der Waals surface area contributed by atoms with Crippen molar-refractivity contribution in [1.29, 1.82) is 0 Å². The molecule has 1 fully saturated rings. The van der Waals surface area contributed by atoms with Crippen LogP contribution in [0.15, 0.2) is 78.4 Å². The molecule has 1 amide bonds. The van der Waals surface area contributed by atoms with Gasteiger partial charge in [-0.1, -0.05) is 30.3 Å². The molecule has 1 aliphatic rings. The monoisotopic (exact) mass is 494 g/mol. The maximum Gasteiger partial charge on any atom is 0.247 e. The number of carbonyl (C=O) groups excluding carboxylic acids is 1. The molecule has 1 N–H and O–H groups in total. The summed E-state index contributed by atoms with van der Waals surface area (Å²) in [5.41, 5.74) is 5.36. The van der Waals surface area contributed by atoms with Gasteiger partial charge < -0.3 is 14.6 Å². The Hall–Kier alpha value is -4.04. The largest absolute Gasteiger partial charge is 0.343 e. The van der Waals surface area contributed by atoms with E-state index >= 15 is 0 Å². The summed E-state index contributed by atoms with van der Waals surface area (Å²) < 4.78 is 2.02. The van der Waals surface area contributed by atoms with Gasteiger partial charge in [0.2, 0.25) is 5.91 Å². The minimum atomic E-state index is -0.308. The molecule has 36 heavy (non-hydrogen) atoms. The lowest BCUT2D eigenvalue weighted by Gasteiger charge is -2.35. The number of pyridine rings is 1. The predicted molar refractivity (Wildman–Crippen MR) is 144 cm³/mol. The van der Waals surface area contributed by atoms with Crippen molar-refractivity contribution in [3.8, 4) is 21.8 Å². The van der Waals surface area contributed by atoms with Crippen molar-refractivity contribution in [2.45, 2.75) is 32.2 Å². The Morgan fingerprint density at radius 1 is 1.00 bits per heavy atom. The van der Waals surface area contributed by atoms with Crippen LogP contribution in [0, 0.1) is 6.92 Å². The number of hydrogen-bond donors (Lipinski definition) is 1. The molecule has 0 bridgehead atoms. The maximum absolute atomic E-state index is 13.6. The van der Waals surface area contributed by atoms with Crippen LogP contribution in [0.2, 0.25) is 0 Å². The van der Waals surface area contributed by atoms with Gasteiger partial charge in [0.1, 0.15) is 17.4 Å². The van der Waals surface area contributed by atoms with Crippen LogP contribution in [0.5, 0.6) is 0 Å². The van der Waals surface area contributed by atoms with Gasteiger partial charge in [0.15, 0.2) is 5.82 Å². The number of thiophene rings is 1. The van der Waals surface area contributed by atoms with Crippen molar-refractivity contribution in [3.05, 3.63) is 84.0 Å². The van der Waals surface area contributed by atoms with Gasteiger partial charge in [-0.15, -0.1) is 21.5 Å². The van der Waals surface area contributed by atoms with E-state index in [2.05, 4.69) is 20.4 Å². The average molecular weight is 495 g/mol. The molecule has 0 radical (unpaired) electrons. The summed E-state index contributed by atoms with van der Waals surface area (Å²) in [5, 5.41) is 14.1. The zero-order chi connectivity index (χ0) is 24.5. The number of amides is 1. The molecule has 1 aliphatic heterocycles. The summed E-state index contributed by atoms with van der Waals surface area (Å²) in [5.74, 6) is 0.700. The highest BCUT2D eigenvalue weighted by molar-refractivity contribution is 7.13. The second kappa shape index (κ2) is 9.54. The first-order valence-electron chi connectivity index (χ1n) is 12.2. The Kier molecular flexibility index (Phi) is 5.95. The quantitative estimate of drug-likeness (QED) is 0.333. The molecule has 4 aromatic heterocycles. The minimum absolute atomic E-state index is 0.0359. The van der Waals surface area contributed by atoms with Crippen molar-refractivity contribution in [2.24, 2.45) is 0 Å². The second-order valence-corrected chi connectivity index (χ2v) is 9.99. The van der Waals surface area contributed by atoms with Crippen LogP contribution in [0.3, 0.4) is 0 Å². The van der Waals surface area contributed by atoms with Crippen LogP contribution in [0.1, 0.15) is 24.8 Å². The molecule has 180 valence electrons. The summed E-state index contributed by atoms with van der Waals surface area (Å²) in [6.45, 7) is 2.83. The van der Waals surface area contributed by atoms with E-state index in [0.29, 0.717) is 0 Å². The fourth-order valence-corrected chi connectivity index (χ4v) is 5.52. The zero-order valence-corrected chi connectivity index (χ0v) is 20.8. The molecule has 1 aromatic carbocycles. The molecule has 0 aliphatic carbocycles. The molecule has 7 nitrogen and oxygen atoms in total. The molecular formula is C28H26N6OS. The Morgan fingerprint density at radius 3 is 2.72 bits per heavy atom. The van der Waals surface area contributed by atoms with E-state index in [-0.39, 0.29) is 11.9 Å². The van der Waals surface area contributed by atoms with Gasteiger partial charge in [-0.3, -0.25) is 4.79 Å². The van der Waals surface area contributed by atoms with Gasteiger partial charge in [-0.2, -0.15) is 0 Å². The number of para-hydroxylation sites is 1. The number of aromatic nitrogens is 4. The Balaban J connectivity index is 1.26. The van der Waals surface area contributed by atoms with E-state index in [0.717, 1.165) is 70.4 Å². The van der Waals surface area contributed by atoms with Crippen molar-refractivity contribution < 1.29 is 4.79 Å². The third-order valence-electron chi connectivity index (χ3n) is 6.66. The highest BCUT2D eigenvalue weighted by atomic mass is 32.1. The van der Waals surface area contributed by atoms with Gasteiger partial charge >= 0.3 is 0 Å². The van der Waals surface area contributed by atoms with Crippen molar-refractivity contribution >= 4 is 34.4 Å². The Bertz CT molecular complexity index is 1510. The van der Waals surface area contributed by atoms with Crippen LogP contribution in [-0.2, 0) is 4.79 Å². The molecule has 5 aromatic rings. The molecular weight excluding hydrogens is 468 g/mol. The summed E-state index contributed by atoms with van der Waals surface area (Å²) in [4.78, 5) is 21.6. The van der Waals surface area contributed by atoms with Gasteiger partial charge in [-0.05, 0) is 67.5 Å². The summed E-state index contributed by atoms with van der Waals surface area (Å²) in [6, 6.07) is 19.6. The topological polar surface area (TPSA) is 75.4 Å². The third-order valence-corrected chi connectivity index (χ3v) is 7.55. The molecule has 6 rings (SSSR count). The lowest BCUT2D eigenvalue weighted by molar-refractivity contribution is -0.117. The highest BCUT2D eigenvalue weighted by Crippen LogP contribution is 2.30. The molecule has 1 atom stereocenters. The van der Waals surface area contributed by atoms with Gasteiger partial charge in [0, 0.05) is 24.5 Å². The predicted octanol–water partition coefficient (Wildman–Crippen LogP) is 5.83. The van der Waals surface area contributed by atoms with E-state index in [1.54, 1.807) is 11.3 Å². The minimum Gasteiger partial charge on any atom is -0.343 e. The van der Waals surface area contributed by atoms with E-state index in [1.165, 1.54) is 0 Å². The van der Waals surface area contributed by atoms with Crippen LogP contribution >= 0.6 is 11.3 Å². The first-order valence-corrected chi connectivity index (χ1v) is 13.0. The van der Waals surface area contributed by atoms with E-state index in [4.69, 9.17) is 4.98 Å². The molecule has 8 heteroatoms. The molecule has 1 unspecified atom stereocenters. The summed E-state index contributed by atoms with van der Waals surface area (Å²) in [6.07, 6.45) is 6.80. The van der Waals surface area contributed by atoms with Crippen molar-refractivity contribution in [3.63, 3.8) is 0 Å². The second-order valence-electron chi connectivity index (χ2n) is 9.04. The number of nitrogens with one attached hydrogen (secondary N) is 1. The average Bonchev–Trinajstić information content (AvgIpc) is 3.61. The molecule has 5 heterocycles. The van der Waals surface area contributed by atoms with Crippen LogP contribution < -0.4 is 10.2 Å². The standard InChI is InChI=1S/C28H26N6OS/c1-19-8-6-15-33-18-23(29-27(19)33)20-9-2-3-10-21(20)30-28(35)24-11-4-5-16-34(24)26-14-13-22(31-32-26)25-12-7-17-36-25/h2-3,6-10,12-15,17-18,24H,4-5,11,16H2,1H3,(H,30,35). The van der Waals surface area contributed by atoms with Crippen molar-refractivity contribution in [2.75, 3.05) is 16.8 Å². The third kappa shape index (κ3) is 4.24. The number of piperidine rings is 1. The lowest BCUT2D eigenvalue weighted by atomic mass is 10.0. The smallest absolute Gasteiger partial charge is 0.247 e. The number of fused-ring (bicyclic) bond motifs is 1. The van der Waals surface area contributed by atoms with Gasteiger partial charge in [0.25, 0.3) is 0 Å². The van der Waals surface area contributed by atoms with E-state index in [1.807, 2.05) is 89.8 Å². The van der Waals surface area contributed by atoms with Crippen LogP contribution in [0.25, 0.3) is 27.5 Å². The SMILES string of the molecule is Cc1cccn2cc(-c3ccccc3NC(=O)C3CCCCN3c3ccc(-c4cccs4)nn3)nc12. The number of benzene rings is 1. The number of nitrogens with zero attached hydrogens (tertiary/aromatic N) is 5. The Morgan fingerprint density at radius 2 is 1.92 bits per heavy atom. The van der Waals surface area contributed by atoms with Crippen molar-refractivity contribution in [1.82, 2.24) is 19.6 Å². The summed E-state index contributed by atoms with van der Waals surface area (Å²) >= 11 is 1.64. The van der Waals surface area contributed by atoms with E-state index < -0.39 is 0 Å². The fraction of sp³-hybridized carbons (Fsp3) is 0.214. The summed E-state index contributed by atoms with van der Waals surface area (Å²) in [7, 11) is 0. The molecule has 0 saturated carbocycles. The lowest BCUT2D eigenvalue weighted by Crippen LogP contribution is -2.47. The normalized spacial score (nSPS) is 15.8. The van der Waals surface area contributed by atoms with Crippen LogP contribution in [0.4, 0.5) is 11.5 Å². The number of imidazole rings is 1. The number of anilines is 2. The van der Waals surface area contributed by atoms with Crippen LogP contribution in [-0.4, -0.2) is 38.1 Å². The zero-order valence-electron chi connectivity index (χ0n) is 20.0. The maximum atomic E-state index is 13.6. The number of rotatable bonds is 5.